The van der Waals surface area contributed by atoms with Crippen LogP contribution in [0.3, 0.4) is 0 Å². The maximum atomic E-state index is 9.95. The van der Waals surface area contributed by atoms with Gasteiger partial charge in [-0.3, -0.25) is 4.79 Å². The van der Waals surface area contributed by atoms with Gasteiger partial charge in [-0.15, -0.1) is 0 Å². The molecule has 1 unspecified atom stereocenters. The maximum Gasteiger partial charge on any atom is 0.146 e. The second kappa shape index (κ2) is 13.7. The molecule has 0 saturated heterocycles. The quantitative estimate of drug-likeness (QED) is 0.544. The summed E-state index contributed by atoms with van der Waals surface area (Å²) in [6, 6.07) is 0. The molecule has 0 bridgehead atoms. The minimum absolute atomic E-state index is 0.0235. The van der Waals surface area contributed by atoms with Gasteiger partial charge in [-0.1, -0.05) is 6.58 Å². The van der Waals surface area contributed by atoms with Crippen LogP contribution in [0.5, 0.6) is 0 Å². The number of carbonyl (C=O) groups is 2. The lowest BCUT2D eigenvalue weighted by molar-refractivity contribution is -0.111. The van der Waals surface area contributed by atoms with Gasteiger partial charge in [0.25, 0.3) is 0 Å². The lowest BCUT2D eigenvalue weighted by Crippen LogP contribution is -2.09. The second-order valence-corrected chi connectivity index (χ2v) is 4.52. The first-order chi connectivity index (χ1) is 7.15. The normalized spacial score (nSPS) is 10.9. The lowest BCUT2D eigenvalue weighted by atomic mass is 10.2. The Labute approximate surface area is 99.7 Å². The fraction of sp³-hybridized carbons (Fsp3) is 0.600. The molecule has 0 radical (unpaired) electrons. The van der Waals surface area contributed by atoms with Crippen molar-refractivity contribution >= 4 is 36.1 Å². The van der Waals surface area contributed by atoms with Gasteiger partial charge in [0.05, 0.1) is 6.61 Å². The molecule has 0 aliphatic carbocycles. The summed E-state index contributed by atoms with van der Waals surface area (Å²) < 4.78 is 0. The number of aliphatic hydroxyl groups excluding tert-OH is 1. The highest BCUT2D eigenvalue weighted by Crippen LogP contribution is 2.00. The smallest absolute Gasteiger partial charge is 0.146 e. The average molecular weight is 250 g/mol. The van der Waals surface area contributed by atoms with Gasteiger partial charge in [-0.2, -0.15) is 23.5 Å². The molecule has 0 aromatic rings. The Morgan fingerprint density at radius 3 is 2.13 bits per heavy atom. The zero-order valence-corrected chi connectivity index (χ0v) is 10.8. The largest absolute Gasteiger partial charge is 0.396 e. The molecule has 88 valence electrons. The highest BCUT2D eigenvalue weighted by Gasteiger charge is 2.01. The summed E-state index contributed by atoms with van der Waals surface area (Å²) in [5.41, 5.74) is 0.660. The molecule has 0 amide bonds. The first-order valence-corrected chi connectivity index (χ1v) is 7.11. The molecule has 0 rings (SSSR count). The van der Waals surface area contributed by atoms with Gasteiger partial charge in [0, 0.05) is 17.4 Å². The molecule has 15 heavy (non-hydrogen) atoms. The van der Waals surface area contributed by atoms with Crippen LogP contribution in [-0.2, 0) is 9.59 Å². The summed E-state index contributed by atoms with van der Waals surface area (Å²) in [5, 5.41) is 8.41. The Balaban J connectivity index is 0. The van der Waals surface area contributed by atoms with Crippen molar-refractivity contribution in [2.75, 3.05) is 30.6 Å². The Bertz CT molecular complexity index is 184. The van der Waals surface area contributed by atoms with Crippen LogP contribution < -0.4 is 0 Å². The van der Waals surface area contributed by atoms with Gasteiger partial charge in [0.1, 0.15) is 12.6 Å². The van der Waals surface area contributed by atoms with Crippen LogP contribution in [0.2, 0.25) is 0 Å². The van der Waals surface area contributed by atoms with E-state index in [1.807, 2.05) is 12.5 Å². The van der Waals surface area contributed by atoms with Crippen molar-refractivity contribution in [3.8, 4) is 0 Å². The number of thioether (sulfide) groups is 2. The van der Waals surface area contributed by atoms with Crippen molar-refractivity contribution in [2.45, 2.75) is 0 Å². The minimum Gasteiger partial charge on any atom is -0.396 e. The summed E-state index contributed by atoms with van der Waals surface area (Å²) >= 11 is 3.17. The van der Waals surface area contributed by atoms with E-state index in [0.29, 0.717) is 5.57 Å². The van der Waals surface area contributed by atoms with Gasteiger partial charge < -0.3 is 9.90 Å². The average Bonchev–Trinajstić information content (AvgIpc) is 2.27. The third kappa shape index (κ3) is 13.7. The van der Waals surface area contributed by atoms with Crippen LogP contribution in [0.25, 0.3) is 0 Å². The number of carbonyl (C=O) groups excluding carboxylic acids is 2. The van der Waals surface area contributed by atoms with E-state index in [2.05, 4.69) is 6.58 Å². The van der Waals surface area contributed by atoms with Crippen molar-refractivity contribution in [1.82, 2.24) is 0 Å². The number of hydrogen-bond donors (Lipinski definition) is 1. The second-order valence-electron chi connectivity index (χ2n) is 2.74. The van der Waals surface area contributed by atoms with Crippen LogP contribution in [0.15, 0.2) is 12.2 Å². The molecule has 0 spiro atoms. The summed E-state index contributed by atoms with van der Waals surface area (Å²) in [7, 11) is 0. The number of rotatable bonds is 7. The van der Waals surface area contributed by atoms with Gasteiger partial charge in [-0.05, 0) is 18.1 Å². The van der Waals surface area contributed by atoms with Gasteiger partial charge in [0.15, 0.2) is 0 Å². The van der Waals surface area contributed by atoms with E-state index < -0.39 is 0 Å². The van der Waals surface area contributed by atoms with Crippen LogP contribution >= 0.6 is 23.5 Å². The molecule has 1 N–H and O–H groups in total. The summed E-state index contributed by atoms with van der Waals surface area (Å²) in [6.45, 7) is 3.45. The first kappa shape index (κ1) is 17.1. The van der Waals surface area contributed by atoms with Gasteiger partial charge in [0.2, 0.25) is 0 Å². The molecular formula is C10H18O3S2. The Kier molecular flexibility index (Phi) is 15.7. The maximum absolute atomic E-state index is 9.95. The monoisotopic (exact) mass is 250 g/mol. The molecule has 0 aliphatic rings. The Morgan fingerprint density at radius 1 is 1.40 bits per heavy atom. The van der Waals surface area contributed by atoms with Crippen LogP contribution in [0, 0.1) is 5.92 Å². The summed E-state index contributed by atoms with van der Waals surface area (Å²) in [5.74, 6) is 1.31. The topological polar surface area (TPSA) is 54.4 Å². The minimum atomic E-state index is -0.162. The predicted molar refractivity (Wildman–Crippen MR) is 68.6 cm³/mol. The molecule has 0 aromatic carbocycles. The standard InChI is InChI=1S/C5H10O2S.C5H8OS/c1-8-4-5(2-6)3-7;1-5(3-6)4-7-2/h2,5,7H,3-4H2,1H3;3H,1,4H2,2H3. The van der Waals surface area contributed by atoms with Crippen molar-refractivity contribution in [3.05, 3.63) is 12.2 Å². The van der Waals surface area contributed by atoms with E-state index >= 15 is 0 Å². The lowest BCUT2D eigenvalue weighted by Gasteiger charge is -2.00. The number of hydrogen-bond acceptors (Lipinski definition) is 5. The molecule has 0 fully saturated rings. The predicted octanol–water partition coefficient (Wildman–Crippen LogP) is 1.26. The molecule has 0 aromatic heterocycles. The summed E-state index contributed by atoms with van der Waals surface area (Å²) in [4.78, 5) is 19.7. The highest BCUT2D eigenvalue weighted by molar-refractivity contribution is 7.98. The van der Waals surface area contributed by atoms with Crippen LogP contribution in [-0.4, -0.2) is 48.3 Å². The third-order valence-corrected chi connectivity index (χ3v) is 2.73. The third-order valence-electron chi connectivity index (χ3n) is 1.30. The van der Waals surface area contributed by atoms with E-state index in [-0.39, 0.29) is 12.5 Å². The van der Waals surface area contributed by atoms with E-state index in [9.17, 15) is 9.59 Å². The van der Waals surface area contributed by atoms with E-state index in [0.717, 1.165) is 24.1 Å². The van der Waals surface area contributed by atoms with Crippen molar-refractivity contribution in [1.29, 1.82) is 0 Å². The number of aliphatic hydroxyl groups is 1. The van der Waals surface area contributed by atoms with Crippen molar-refractivity contribution < 1.29 is 14.7 Å². The Hall–Kier alpha value is -0.260. The number of aldehydes is 2. The molecule has 0 heterocycles. The fourth-order valence-electron chi connectivity index (χ4n) is 0.569. The molecule has 5 heteroatoms. The van der Waals surface area contributed by atoms with Crippen LogP contribution in [0.1, 0.15) is 0 Å². The van der Waals surface area contributed by atoms with Crippen LogP contribution in [0.4, 0.5) is 0 Å². The zero-order chi connectivity index (χ0) is 12.1. The molecular weight excluding hydrogens is 232 g/mol. The van der Waals surface area contributed by atoms with Crippen molar-refractivity contribution in [3.63, 3.8) is 0 Å². The molecule has 1 atom stereocenters. The van der Waals surface area contributed by atoms with Gasteiger partial charge >= 0.3 is 0 Å². The van der Waals surface area contributed by atoms with E-state index in [1.165, 1.54) is 0 Å². The van der Waals surface area contributed by atoms with E-state index in [1.54, 1.807) is 23.5 Å². The molecule has 3 nitrogen and oxygen atoms in total. The SMILES string of the molecule is C=C(C=O)CSC.CSCC(C=O)CO. The first-order valence-electron chi connectivity index (χ1n) is 4.33. The fourth-order valence-corrected chi connectivity index (χ4v) is 1.62. The molecule has 0 saturated carbocycles. The Morgan fingerprint density at radius 2 is 2.00 bits per heavy atom. The molecule has 0 aliphatic heterocycles. The zero-order valence-electron chi connectivity index (χ0n) is 9.14. The van der Waals surface area contributed by atoms with Gasteiger partial charge in [-0.25, -0.2) is 0 Å². The van der Waals surface area contributed by atoms with Crippen molar-refractivity contribution in [2.24, 2.45) is 5.92 Å². The summed E-state index contributed by atoms with van der Waals surface area (Å²) in [6.07, 6.45) is 5.42. The van der Waals surface area contributed by atoms with E-state index in [4.69, 9.17) is 5.11 Å². The highest BCUT2D eigenvalue weighted by atomic mass is 32.2.